The number of anilines is 1. The lowest BCUT2D eigenvalue weighted by Crippen LogP contribution is -2.36. The Hall–Kier alpha value is -3.20. The van der Waals surface area contributed by atoms with Crippen LogP contribution in [0, 0.1) is 0 Å². The maximum Gasteiger partial charge on any atom is 0.424 e. The van der Waals surface area contributed by atoms with E-state index in [0.29, 0.717) is 35.6 Å². The Kier molecular flexibility index (Phi) is 5.06. The Morgan fingerprint density at radius 2 is 1.83 bits per heavy atom. The van der Waals surface area contributed by atoms with Gasteiger partial charge in [-0.3, -0.25) is 9.69 Å². The monoisotopic (exact) mass is 413 g/mol. The number of benzene rings is 2. The van der Waals surface area contributed by atoms with Gasteiger partial charge in [-0.2, -0.15) is 0 Å². The summed E-state index contributed by atoms with van der Waals surface area (Å²) in [5.41, 5.74) is 2.45. The number of fused-ring (bicyclic) bond motifs is 1. The summed E-state index contributed by atoms with van der Waals surface area (Å²) in [5.74, 6) is -0.476. The Morgan fingerprint density at radius 3 is 2.52 bits per heavy atom. The van der Waals surface area contributed by atoms with Crippen molar-refractivity contribution in [3.05, 3.63) is 59.1 Å². The van der Waals surface area contributed by atoms with Crippen molar-refractivity contribution in [1.29, 1.82) is 0 Å². The molecule has 1 aromatic heterocycles. The van der Waals surface area contributed by atoms with Crippen molar-refractivity contribution in [2.75, 3.05) is 24.5 Å². The fraction of sp³-hybridized carbons (Fsp3) is 0.250. The Balaban J connectivity index is 1.55. The van der Waals surface area contributed by atoms with Gasteiger partial charge in [-0.15, -0.1) is 0 Å². The molecule has 0 bridgehead atoms. The quantitative estimate of drug-likeness (QED) is 0.649. The van der Waals surface area contributed by atoms with Crippen LogP contribution in [-0.2, 0) is 4.74 Å². The highest BCUT2D eigenvalue weighted by atomic mass is 32.1. The predicted octanol–water partition coefficient (Wildman–Crippen LogP) is 3.28. The molecule has 0 radical (unpaired) electrons. The van der Waals surface area contributed by atoms with Crippen molar-refractivity contribution in [3.63, 3.8) is 0 Å². The lowest BCUT2D eigenvalue weighted by molar-refractivity contribution is 0.120. The number of aromatic nitrogens is 1. The van der Waals surface area contributed by atoms with Gasteiger partial charge in [-0.1, -0.05) is 24.8 Å². The van der Waals surface area contributed by atoms with E-state index < -0.39 is 18.0 Å². The second-order valence-electron chi connectivity index (χ2n) is 6.63. The number of cyclic esters (lactones) is 1. The van der Waals surface area contributed by atoms with Crippen LogP contribution in [0.1, 0.15) is 6.92 Å². The lowest BCUT2D eigenvalue weighted by Gasteiger charge is -2.20. The van der Waals surface area contributed by atoms with E-state index in [9.17, 15) is 14.4 Å². The van der Waals surface area contributed by atoms with Crippen LogP contribution < -0.4 is 10.7 Å². The molecule has 29 heavy (non-hydrogen) atoms. The Labute approximate surface area is 171 Å². The van der Waals surface area contributed by atoms with E-state index >= 15 is 0 Å². The zero-order chi connectivity index (χ0) is 20.5. The molecule has 1 saturated heterocycles. The summed E-state index contributed by atoms with van der Waals surface area (Å²) in [7, 11) is 0. The molecule has 9 heteroatoms. The number of likely N-dealkylation sites (N-methyl/N-ethyl adjacent to an activating group) is 1. The third-order valence-corrected chi connectivity index (χ3v) is 5.14. The highest BCUT2D eigenvalue weighted by Crippen LogP contribution is 2.25. The Bertz CT molecular complexity index is 1120. The molecule has 150 valence electrons. The number of para-hydroxylation sites is 2. The van der Waals surface area contributed by atoms with E-state index in [0.717, 1.165) is 0 Å². The van der Waals surface area contributed by atoms with E-state index in [-0.39, 0.29) is 11.8 Å². The fourth-order valence-electron chi connectivity index (χ4n) is 3.41. The van der Waals surface area contributed by atoms with Crippen molar-refractivity contribution in [1.82, 2.24) is 9.47 Å². The topological polar surface area (TPSA) is 85.0 Å². The average molecular weight is 413 g/mol. The van der Waals surface area contributed by atoms with Crippen molar-refractivity contribution >= 4 is 40.7 Å². The van der Waals surface area contributed by atoms with Crippen LogP contribution in [0.5, 0.6) is 0 Å². The van der Waals surface area contributed by atoms with Crippen LogP contribution in [0.4, 0.5) is 15.3 Å². The van der Waals surface area contributed by atoms with E-state index in [1.165, 1.54) is 14.4 Å². The minimum Gasteiger partial charge on any atom is -0.442 e. The molecule has 2 amide bonds. The van der Waals surface area contributed by atoms with E-state index in [4.69, 9.17) is 9.15 Å². The van der Waals surface area contributed by atoms with Gasteiger partial charge in [-0.25, -0.2) is 14.2 Å². The largest absolute Gasteiger partial charge is 0.442 e. The number of ether oxygens (including phenoxy) is 1. The maximum absolute atomic E-state index is 12.3. The Morgan fingerprint density at radius 1 is 1.14 bits per heavy atom. The van der Waals surface area contributed by atoms with E-state index in [1.807, 2.05) is 13.0 Å². The number of thiol groups is 1. The van der Waals surface area contributed by atoms with Crippen LogP contribution in [0.25, 0.3) is 16.8 Å². The third kappa shape index (κ3) is 3.61. The van der Waals surface area contributed by atoms with Crippen molar-refractivity contribution in [2.24, 2.45) is 0 Å². The van der Waals surface area contributed by atoms with Crippen LogP contribution in [0.2, 0.25) is 0 Å². The van der Waals surface area contributed by atoms with Gasteiger partial charge >= 0.3 is 11.8 Å². The number of hydrogen-bond donors (Lipinski definition) is 1. The SMILES string of the molecule is CCN(C[C@@H]1CN(c2ccc(-n3c(=O)oc4ccccc43)cc2)C(=O)O1)C(=O)S. The van der Waals surface area contributed by atoms with Gasteiger partial charge in [0.2, 0.25) is 0 Å². The first kappa shape index (κ1) is 19.1. The molecule has 4 rings (SSSR count). The number of rotatable bonds is 5. The standard InChI is InChI=1S/C20H19N3O5S/c1-2-21(20(26)29)11-15-12-22(18(24)27-15)13-7-9-14(10-8-13)23-16-5-3-4-6-17(16)28-19(23)25/h3-10,15H,2,11-12H2,1H3,(H,26,29)/t15-/m1/s1. The van der Waals surface area contributed by atoms with Gasteiger partial charge in [0.05, 0.1) is 24.3 Å². The van der Waals surface area contributed by atoms with Gasteiger partial charge < -0.3 is 14.1 Å². The molecule has 1 fully saturated rings. The summed E-state index contributed by atoms with van der Waals surface area (Å²) >= 11 is 3.83. The smallest absolute Gasteiger partial charge is 0.424 e. The van der Waals surface area contributed by atoms with Gasteiger partial charge in [-0.05, 0) is 43.3 Å². The summed E-state index contributed by atoms with van der Waals surface area (Å²) in [4.78, 5) is 39.0. The molecule has 2 heterocycles. The number of hydrogen-bond acceptors (Lipinski definition) is 5. The van der Waals surface area contributed by atoms with Gasteiger partial charge in [0.25, 0.3) is 5.24 Å². The highest BCUT2D eigenvalue weighted by Gasteiger charge is 2.33. The normalized spacial score (nSPS) is 16.3. The van der Waals surface area contributed by atoms with Gasteiger partial charge in [0.1, 0.15) is 6.10 Å². The molecular weight excluding hydrogens is 394 g/mol. The summed E-state index contributed by atoms with van der Waals surface area (Å²) < 4.78 is 12.1. The molecule has 0 spiro atoms. The zero-order valence-electron chi connectivity index (χ0n) is 15.6. The zero-order valence-corrected chi connectivity index (χ0v) is 16.5. The number of carbonyl (C=O) groups excluding carboxylic acids is 2. The van der Waals surface area contributed by atoms with E-state index in [1.54, 1.807) is 42.5 Å². The maximum atomic E-state index is 12.3. The fourth-order valence-corrected chi connectivity index (χ4v) is 3.63. The van der Waals surface area contributed by atoms with Crippen LogP contribution in [-0.4, -0.2) is 46.5 Å². The van der Waals surface area contributed by atoms with Crippen LogP contribution in [0.3, 0.4) is 0 Å². The molecule has 0 unspecified atom stereocenters. The van der Waals surface area contributed by atoms with Gasteiger partial charge in [0, 0.05) is 12.2 Å². The first-order valence-corrected chi connectivity index (χ1v) is 9.59. The first-order valence-electron chi connectivity index (χ1n) is 9.15. The molecule has 3 aromatic rings. The number of nitrogens with zero attached hydrogens (tertiary/aromatic N) is 3. The number of amides is 2. The molecule has 8 nitrogen and oxygen atoms in total. The molecular formula is C20H19N3O5S. The average Bonchev–Trinajstić information content (AvgIpc) is 3.24. The summed E-state index contributed by atoms with van der Waals surface area (Å²) in [6, 6.07) is 14.1. The summed E-state index contributed by atoms with van der Waals surface area (Å²) in [5, 5.41) is -0.357. The van der Waals surface area contributed by atoms with Crippen molar-refractivity contribution in [3.8, 4) is 5.69 Å². The molecule has 1 aliphatic rings. The minimum atomic E-state index is -0.476. The minimum absolute atomic E-state index is 0.287. The van der Waals surface area contributed by atoms with E-state index in [2.05, 4.69) is 12.6 Å². The second kappa shape index (κ2) is 7.67. The van der Waals surface area contributed by atoms with Crippen LogP contribution >= 0.6 is 12.6 Å². The first-order chi connectivity index (χ1) is 14.0. The molecule has 0 N–H and O–H groups in total. The molecule has 0 saturated carbocycles. The lowest BCUT2D eigenvalue weighted by atomic mass is 10.2. The third-order valence-electron chi connectivity index (χ3n) is 4.86. The van der Waals surface area contributed by atoms with Crippen molar-refractivity contribution in [2.45, 2.75) is 13.0 Å². The number of carbonyl (C=O) groups is 2. The van der Waals surface area contributed by atoms with Crippen molar-refractivity contribution < 1.29 is 18.7 Å². The molecule has 2 aromatic carbocycles. The summed E-state index contributed by atoms with van der Waals surface area (Å²) in [6.07, 6.45) is -0.907. The molecule has 0 aliphatic carbocycles. The summed E-state index contributed by atoms with van der Waals surface area (Å²) in [6.45, 7) is 2.93. The second-order valence-corrected chi connectivity index (χ2v) is 7.01. The molecule has 1 aliphatic heterocycles. The number of oxazole rings is 1. The predicted molar refractivity (Wildman–Crippen MR) is 111 cm³/mol. The molecule has 1 atom stereocenters. The van der Waals surface area contributed by atoms with Gasteiger partial charge in [0.15, 0.2) is 5.58 Å². The van der Waals surface area contributed by atoms with Crippen LogP contribution in [0.15, 0.2) is 57.7 Å². The highest BCUT2D eigenvalue weighted by molar-refractivity contribution is 7.96.